The first-order valence-corrected chi connectivity index (χ1v) is 8.54. The summed E-state index contributed by atoms with van der Waals surface area (Å²) >= 11 is 0. The number of β-amino-alcohol motifs (C(OH)–C–C–N with tert-alkyl or cyclic N) is 1. The van der Waals surface area contributed by atoms with Crippen LogP contribution in [0.5, 0.6) is 0 Å². The molecule has 1 aromatic carbocycles. The first-order chi connectivity index (χ1) is 11.1. The van der Waals surface area contributed by atoms with Crippen LogP contribution in [-0.4, -0.2) is 42.1 Å². The Hall–Kier alpha value is -1.46. The molecule has 5 heteroatoms. The maximum absolute atomic E-state index is 13.7. The van der Waals surface area contributed by atoms with E-state index in [0.29, 0.717) is 12.1 Å². The van der Waals surface area contributed by atoms with Crippen LogP contribution in [0.4, 0.5) is 4.39 Å². The Morgan fingerprint density at radius 1 is 1.39 bits per heavy atom. The number of nitrogens with zero attached hydrogens (tertiary/aromatic N) is 1. The molecule has 0 saturated carbocycles. The van der Waals surface area contributed by atoms with Gasteiger partial charge in [0.15, 0.2) is 0 Å². The van der Waals surface area contributed by atoms with Crippen LogP contribution >= 0.6 is 0 Å². The van der Waals surface area contributed by atoms with Gasteiger partial charge in [-0.1, -0.05) is 31.5 Å². The number of aliphatic hydroxyl groups is 1. The van der Waals surface area contributed by atoms with E-state index in [0.717, 1.165) is 45.3 Å². The Kier molecular flexibility index (Phi) is 6.99. The second kappa shape index (κ2) is 8.99. The Balaban J connectivity index is 1.76. The van der Waals surface area contributed by atoms with Gasteiger partial charge >= 0.3 is 0 Å². The van der Waals surface area contributed by atoms with E-state index in [2.05, 4.69) is 17.1 Å². The van der Waals surface area contributed by atoms with Crippen molar-refractivity contribution in [2.24, 2.45) is 5.92 Å². The number of unbranched alkanes of at least 4 members (excludes halogenated alkanes) is 1. The summed E-state index contributed by atoms with van der Waals surface area (Å²) in [5, 5.41) is 13.2. The third-order valence-corrected chi connectivity index (χ3v) is 4.48. The minimum atomic E-state index is -0.828. The number of halogens is 1. The fourth-order valence-electron chi connectivity index (χ4n) is 3.00. The van der Waals surface area contributed by atoms with E-state index >= 15 is 0 Å². The number of rotatable bonds is 7. The average Bonchev–Trinajstić information content (AvgIpc) is 2.56. The van der Waals surface area contributed by atoms with Gasteiger partial charge in [0.2, 0.25) is 5.91 Å². The van der Waals surface area contributed by atoms with E-state index < -0.39 is 6.10 Å². The van der Waals surface area contributed by atoms with Crippen LogP contribution in [0.15, 0.2) is 24.3 Å². The van der Waals surface area contributed by atoms with Gasteiger partial charge in [-0.05, 0) is 38.4 Å². The Morgan fingerprint density at radius 3 is 2.74 bits per heavy atom. The molecule has 128 valence electrons. The highest BCUT2D eigenvalue weighted by Gasteiger charge is 2.26. The minimum Gasteiger partial charge on any atom is -0.387 e. The lowest BCUT2D eigenvalue weighted by Crippen LogP contribution is -2.42. The third-order valence-electron chi connectivity index (χ3n) is 4.48. The molecule has 1 amide bonds. The van der Waals surface area contributed by atoms with Crippen molar-refractivity contribution in [3.8, 4) is 0 Å². The summed E-state index contributed by atoms with van der Waals surface area (Å²) in [7, 11) is 0. The first kappa shape index (κ1) is 17.9. The SMILES string of the molecule is CCCCNC(=O)C1CCN(CC(O)c2ccccc2F)CC1. The lowest BCUT2D eigenvalue weighted by molar-refractivity contribution is -0.126. The Morgan fingerprint density at radius 2 is 2.09 bits per heavy atom. The molecule has 1 aliphatic rings. The van der Waals surface area contributed by atoms with E-state index in [1.807, 2.05) is 0 Å². The van der Waals surface area contributed by atoms with Crippen LogP contribution in [0.2, 0.25) is 0 Å². The van der Waals surface area contributed by atoms with E-state index in [9.17, 15) is 14.3 Å². The number of nitrogens with one attached hydrogen (secondary N) is 1. The Labute approximate surface area is 137 Å². The summed E-state index contributed by atoms with van der Waals surface area (Å²) < 4.78 is 13.7. The first-order valence-electron chi connectivity index (χ1n) is 8.54. The van der Waals surface area contributed by atoms with E-state index in [4.69, 9.17) is 0 Å². The zero-order chi connectivity index (χ0) is 16.7. The van der Waals surface area contributed by atoms with Crippen LogP contribution in [0, 0.1) is 11.7 Å². The molecule has 0 spiro atoms. The molecule has 1 fully saturated rings. The molecule has 0 aromatic heterocycles. The number of carbonyl (C=O) groups is 1. The van der Waals surface area contributed by atoms with Crippen LogP contribution in [0.1, 0.15) is 44.3 Å². The second-order valence-corrected chi connectivity index (χ2v) is 6.26. The molecule has 1 unspecified atom stereocenters. The summed E-state index contributed by atoms with van der Waals surface area (Å²) in [6, 6.07) is 6.34. The molecule has 4 nitrogen and oxygen atoms in total. The molecule has 1 aromatic rings. The van der Waals surface area contributed by atoms with Crippen molar-refractivity contribution < 1.29 is 14.3 Å². The number of likely N-dealkylation sites (tertiary alicyclic amines) is 1. The summed E-state index contributed by atoms with van der Waals surface area (Å²) in [4.78, 5) is 14.1. The standard InChI is InChI=1S/C18H27FN2O2/c1-2-3-10-20-18(23)14-8-11-21(12-9-14)13-17(22)15-6-4-5-7-16(15)19/h4-7,14,17,22H,2-3,8-13H2,1H3,(H,20,23). The predicted octanol–water partition coefficient (Wildman–Crippen LogP) is 2.49. The highest BCUT2D eigenvalue weighted by molar-refractivity contribution is 5.78. The lowest BCUT2D eigenvalue weighted by atomic mass is 9.95. The molecule has 0 aliphatic carbocycles. The topological polar surface area (TPSA) is 52.6 Å². The monoisotopic (exact) mass is 322 g/mol. The number of hydrogen-bond acceptors (Lipinski definition) is 3. The molecule has 23 heavy (non-hydrogen) atoms. The summed E-state index contributed by atoms with van der Waals surface area (Å²) in [6.07, 6.45) is 2.85. The van der Waals surface area contributed by atoms with Gasteiger partial charge in [-0.3, -0.25) is 4.79 Å². The number of aliphatic hydroxyl groups excluding tert-OH is 1. The van der Waals surface area contributed by atoms with Gasteiger partial charge in [0.1, 0.15) is 5.82 Å². The Bertz CT molecular complexity index is 502. The van der Waals surface area contributed by atoms with Crippen molar-refractivity contribution in [2.45, 2.75) is 38.7 Å². The van der Waals surface area contributed by atoms with Crippen LogP contribution in [0.3, 0.4) is 0 Å². The maximum atomic E-state index is 13.7. The van der Waals surface area contributed by atoms with Gasteiger partial charge in [-0.2, -0.15) is 0 Å². The highest BCUT2D eigenvalue weighted by atomic mass is 19.1. The van der Waals surface area contributed by atoms with E-state index in [1.165, 1.54) is 6.07 Å². The third kappa shape index (κ3) is 5.29. The molecule has 1 atom stereocenters. The van der Waals surface area contributed by atoms with Crippen molar-refractivity contribution >= 4 is 5.91 Å². The smallest absolute Gasteiger partial charge is 0.223 e. The van der Waals surface area contributed by atoms with Crippen molar-refractivity contribution in [3.05, 3.63) is 35.6 Å². The zero-order valence-corrected chi connectivity index (χ0v) is 13.8. The molecule has 1 heterocycles. The van der Waals surface area contributed by atoms with Crippen molar-refractivity contribution in [2.75, 3.05) is 26.2 Å². The van der Waals surface area contributed by atoms with Gasteiger partial charge in [-0.25, -0.2) is 4.39 Å². The average molecular weight is 322 g/mol. The van der Waals surface area contributed by atoms with Crippen LogP contribution in [-0.2, 0) is 4.79 Å². The minimum absolute atomic E-state index is 0.0636. The van der Waals surface area contributed by atoms with Gasteiger partial charge in [0.25, 0.3) is 0 Å². The van der Waals surface area contributed by atoms with Gasteiger partial charge in [0, 0.05) is 24.6 Å². The molecule has 0 bridgehead atoms. The summed E-state index contributed by atoms with van der Waals surface area (Å²) in [5.74, 6) is -0.161. The number of carbonyl (C=O) groups excluding carboxylic acids is 1. The summed E-state index contributed by atoms with van der Waals surface area (Å²) in [6.45, 7) is 4.78. The molecule has 0 radical (unpaired) electrons. The van der Waals surface area contributed by atoms with Gasteiger partial charge in [0.05, 0.1) is 6.10 Å². The van der Waals surface area contributed by atoms with Crippen LogP contribution < -0.4 is 5.32 Å². The number of hydrogen-bond donors (Lipinski definition) is 2. The molecule has 2 rings (SSSR count). The van der Waals surface area contributed by atoms with Crippen molar-refractivity contribution in [1.82, 2.24) is 10.2 Å². The number of amides is 1. The fourth-order valence-corrected chi connectivity index (χ4v) is 3.00. The molecule has 2 N–H and O–H groups in total. The fraction of sp³-hybridized carbons (Fsp3) is 0.611. The normalized spacial score (nSPS) is 17.9. The van der Waals surface area contributed by atoms with Crippen molar-refractivity contribution in [1.29, 1.82) is 0 Å². The van der Waals surface area contributed by atoms with Gasteiger partial charge in [-0.15, -0.1) is 0 Å². The highest BCUT2D eigenvalue weighted by Crippen LogP contribution is 2.22. The number of benzene rings is 1. The number of piperidine rings is 1. The summed E-state index contributed by atoms with van der Waals surface area (Å²) in [5.41, 5.74) is 0.340. The molecular formula is C18H27FN2O2. The van der Waals surface area contributed by atoms with E-state index in [-0.39, 0.29) is 17.6 Å². The zero-order valence-electron chi connectivity index (χ0n) is 13.8. The lowest BCUT2D eigenvalue weighted by Gasteiger charge is -2.32. The predicted molar refractivity (Wildman–Crippen MR) is 88.4 cm³/mol. The molecular weight excluding hydrogens is 295 g/mol. The molecule has 1 aliphatic heterocycles. The van der Waals surface area contributed by atoms with Crippen LogP contribution in [0.25, 0.3) is 0 Å². The van der Waals surface area contributed by atoms with Crippen molar-refractivity contribution in [3.63, 3.8) is 0 Å². The molecule has 1 saturated heterocycles. The maximum Gasteiger partial charge on any atom is 0.223 e. The van der Waals surface area contributed by atoms with Gasteiger partial charge < -0.3 is 15.3 Å². The largest absolute Gasteiger partial charge is 0.387 e. The quantitative estimate of drug-likeness (QED) is 0.758. The second-order valence-electron chi connectivity index (χ2n) is 6.26. The van der Waals surface area contributed by atoms with E-state index in [1.54, 1.807) is 18.2 Å².